The summed E-state index contributed by atoms with van der Waals surface area (Å²) < 4.78 is 5.60. The molecule has 2 N–H and O–H groups in total. The number of H-pyrrole nitrogens is 1. The van der Waals surface area contributed by atoms with Crippen LogP contribution in [0.15, 0.2) is 11.0 Å². The highest BCUT2D eigenvalue weighted by Gasteiger charge is 2.26. The number of nitrogens with one attached hydrogen (secondary N) is 2. The number of aromatic amines is 1. The normalized spacial score (nSPS) is 23.9. The lowest BCUT2D eigenvalue weighted by atomic mass is 10.00. The molecule has 1 aromatic rings. The molecule has 17 heavy (non-hydrogen) atoms. The van der Waals surface area contributed by atoms with Crippen LogP contribution in [0, 0.1) is 5.92 Å². The molecule has 1 aromatic heterocycles. The molecule has 6 heteroatoms. The number of anilines is 1. The molecule has 2 unspecified atom stereocenters. The van der Waals surface area contributed by atoms with Crippen LogP contribution in [0.3, 0.4) is 0 Å². The molecule has 2 rings (SSSR count). The predicted octanol–water partition coefficient (Wildman–Crippen LogP) is 1.65. The molecular weight excluding hydrogens is 242 g/mol. The third kappa shape index (κ3) is 2.79. The van der Waals surface area contributed by atoms with E-state index in [-0.39, 0.29) is 10.6 Å². The van der Waals surface area contributed by atoms with Crippen molar-refractivity contribution >= 4 is 17.3 Å². The first-order valence-corrected chi connectivity index (χ1v) is 6.18. The molecule has 1 saturated heterocycles. The van der Waals surface area contributed by atoms with E-state index in [9.17, 15) is 4.79 Å². The molecule has 0 spiro atoms. The summed E-state index contributed by atoms with van der Waals surface area (Å²) in [7, 11) is 0. The number of rotatable bonds is 4. The van der Waals surface area contributed by atoms with E-state index in [2.05, 4.69) is 22.4 Å². The maximum absolute atomic E-state index is 11.2. The summed E-state index contributed by atoms with van der Waals surface area (Å²) in [6.07, 6.45) is 3.88. The average molecular weight is 258 g/mol. The third-order valence-corrected chi connectivity index (χ3v) is 3.47. The van der Waals surface area contributed by atoms with Gasteiger partial charge in [0.25, 0.3) is 5.56 Å². The van der Waals surface area contributed by atoms with Gasteiger partial charge < -0.3 is 10.1 Å². The Kier molecular flexibility index (Phi) is 4.02. The second kappa shape index (κ2) is 5.51. The van der Waals surface area contributed by atoms with Gasteiger partial charge in [-0.25, -0.2) is 5.10 Å². The van der Waals surface area contributed by atoms with Gasteiger partial charge in [-0.15, -0.1) is 0 Å². The lowest BCUT2D eigenvalue weighted by Gasteiger charge is -2.17. The number of hydrogen-bond acceptors (Lipinski definition) is 4. The SMILES string of the molecule is CCC1OCCC1CNc1cn[nH]c(=O)c1Cl. The van der Waals surface area contributed by atoms with Crippen LogP contribution in [0.2, 0.25) is 5.02 Å². The van der Waals surface area contributed by atoms with Crippen molar-refractivity contribution in [1.82, 2.24) is 10.2 Å². The Morgan fingerprint density at radius 3 is 3.29 bits per heavy atom. The first-order valence-electron chi connectivity index (χ1n) is 5.81. The third-order valence-electron chi connectivity index (χ3n) is 3.10. The molecule has 5 nitrogen and oxygen atoms in total. The maximum Gasteiger partial charge on any atom is 0.285 e. The van der Waals surface area contributed by atoms with Crippen LogP contribution < -0.4 is 10.9 Å². The van der Waals surface area contributed by atoms with Crippen molar-refractivity contribution in [2.75, 3.05) is 18.5 Å². The van der Waals surface area contributed by atoms with Crippen LogP contribution >= 0.6 is 11.6 Å². The smallest absolute Gasteiger partial charge is 0.285 e. The van der Waals surface area contributed by atoms with E-state index in [1.54, 1.807) is 0 Å². The molecule has 0 radical (unpaired) electrons. The van der Waals surface area contributed by atoms with Crippen LogP contribution in [-0.2, 0) is 4.74 Å². The van der Waals surface area contributed by atoms with E-state index < -0.39 is 0 Å². The van der Waals surface area contributed by atoms with Crippen molar-refractivity contribution in [3.8, 4) is 0 Å². The Morgan fingerprint density at radius 1 is 1.71 bits per heavy atom. The minimum Gasteiger partial charge on any atom is -0.382 e. The standard InChI is InChI=1S/C11H16ClN3O2/c1-2-9-7(3-4-17-9)5-13-8-6-14-15-11(16)10(8)12/h6-7,9H,2-5H2,1H3,(H2,13,15,16). The number of nitrogens with zero attached hydrogens (tertiary/aromatic N) is 1. The predicted molar refractivity (Wildman–Crippen MR) is 66.5 cm³/mol. The summed E-state index contributed by atoms with van der Waals surface area (Å²) in [5.41, 5.74) is 0.212. The summed E-state index contributed by atoms with van der Waals surface area (Å²) in [5, 5.41) is 9.32. The molecule has 1 aliphatic heterocycles. The van der Waals surface area contributed by atoms with Crippen molar-refractivity contribution < 1.29 is 4.74 Å². The van der Waals surface area contributed by atoms with Gasteiger partial charge in [-0.1, -0.05) is 18.5 Å². The fourth-order valence-corrected chi connectivity index (χ4v) is 2.28. The first kappa shape index (κ1) is 12.4. The Morgan fingerprint density at radius 2 is 2.53 bits per heavy atom. The second-order valence-corrected chi connectivity index (χ2v) is 4.55. The highest BCUT2D eigenvalue weighted by molar-refractivity contribution is 6.32. The minimum absolute atomic E-state index is 0.159. The van der Waals surface area contributed by atoms with Crippen molar-refractivity contribution in [3.05, 3.63) is 21.6 Å². The first-order chi connectivity index (χ1) is 8.22. The van der Waals surface area contributed by atoms with Gasteiger partial charge in [-0.05, 0) is 12.8 Å². The zero-order chi connectivity index (χ0) is 12.3. The van der Waals surface area contributed by atoms with Gasteiger partial charge >= 0.3 is 0 Å². The van der Waals surface area contributed by atoms with Crippen molar-refractivity contribution in [2.24, 2.45) is 5.92 Å². The highest BCUT2D eigenvalue weighted by Crippen LogP contribution is 2.24. The van der Waals surface area contributed by atoms with E-state index in [0.29, 0.717) is 17.7 Å². The molecular formula is C11H16ClN3O2. The monoisotopic (exact) mass is 257 g/mol. The summed E-state index contributed by atoms with van der Waals surface area (Å²) >= 11 is 5.87. The summed E-state index contributed by atoms with van der Waals surface area (Å²) in [6.45, 7) is 3.68. The van der Waals surface area contributed by atoms with E-state index >= 15 is 0 Å². The van der Waals surface area contributed by atoms with Crippen LogP contribution in [-0.4, -0.2) is 29.5 Å². The van der Waals surface area contributed by atoms with Gasteiger partial charge in [0.05, 0.1) is 18.0 Å². The minimum atomic E-state index is -0.369. The average Bonchev–Trinajstić information content (AvgIpc) is 2.78. The Balaban J connectivity index is 1.98. The molecule has 2 atom stereocenters. The summed E-state index contributed by atoms with van der Waals surface area (Å²) in [6, 6.07) is 0. The highest BCUT2D eigenvalue weighted by atomic mass is 35.5. The second-order valence-electron chi connectivity index (χ2n) is 4.17. The molecule has 0 amide bonds. The fraction of sp³-hybridized carbons (Fsp3) is 0.636. The lowest BCUT2D eigenvalue weighted by molar-refractivity contribution is 0.0900. The zero-order valence-electron chi connectivity index (χ0n) is 9.70. The van der Waals surface area contributed by atoms with Crippen LogP contribution in [0.4, 0.5) is 5.69 Å². The summed E-state index contributed by atoms with van der Waals surface area (Å²) in [5.74, 6) is 0.468. The van der Waals surface area contributed by atoms with Gasteiger partial charge in [0, 0.05) is 19.1 Å². The maximum atomic E-state index is 11.2. The van der Waals surface area contributed by atoms with E-state index in [1.807, 2.05) is 0 Å². The lowest BCUT2D eigenvalue weighted by Crippen LogP contribution is -2.23. The topological polar surface area (TPSA) is 67.0 Å². The number of hydrogen-bond donors (Lipinski definition) is 2. The van der Waals surface area contributed by atoms with Gasteiger partial charge in [0.1, 0.15) is 5.02 Å². The molecule has 0 aliphatic carbocycles. The Labute approximate surface area is 105 Å². The molecule has 1 aliphatic rings. The Bertz CT molecular complexity index is 435. The fourth-order valence-electron chi connectivity index (χ4n) is 2.13. The molecule has 0 bridgehead atoms. The van der Waals surface area contributed by atoms with Crippen LogP contribution in [0.25, 0.3) is 0 Å². The van der Waals surface area contributed by atoms with E-state index in [1.165, 1.54) is 6.20 Å². The van der Waals surface area contributed by atoms with Crippen molar-refractivity contribution in [1.29, 1.82) is 0 Å². The molecule has 2 heterocycles. The van der Waals surface area contributed by atoms with Gasteiger partial charge in [-0.3, -0.25) is 4.79 Å². The molecule has 0 saturated carbocycles. The van der Waals surface area contributed by atoms with Gasteiger partial charge in [-0.2, -0.15) is 5.10 Å². The summed E-state index contributed by atoms with van der Waals surface area (Å²) in [4.78, 5) is 11.2. The zero-order valence-corrected chi connectivity index (χ0v) is 10.5. The van der Waals surface area contributed by atoms with Crippen LogP contribution in [0.1, 0.15) is 19.8 Å². The van der Waals surface area contributed by atoms with Crippen LogP contribution in [0.5, 0.6) is 0 Å². The van der Waals surface area contributed by atoms with E-state index in [4.69, 9.17) is 16.3 Å². The van der Waals surface area contributed by atoms with Crippen molar-refractivity contribution in [2.45, 2.75) is 25.9 Å². The molecule has 1 fully saturated rings. The Hall–Kier alpha value is -1.07. The molecule has 0 aromatic carbocycles. The number of ether oxygens (including phenoxy) is 1. The number of aromatic nitrogens is 2. The van der Waals surface area contributed by atoms with Crippen molar-refractivity contribution in [3.63, 3.8) is 0 Å². The van der Waals surface area contributed by atoms with E-state index in [0.717, 1.165) is 26.0 Å². The molecule has 94 valence electrons. The van der Waals surface area contributed by atoms with Gasteiger partial charge in [0.2, 0.25) is 0 Å². The largest absolute Gasteiger partial charge is 0.382 e. The quantitative estimate of drug-likeness (QED) is 0.861. The van der Waals surface area contributed by atoms with Gasteiger partial charge in [0.15, 0.2) is 0 Å². The number of halogens is 1.